The molecule has 0 aliphatic heterocycles. The SMILES string of the molecule is [B]C(F)(F)C(=O)N(CC=C)C(=O)OC(C)(C)C. The molecule has 0 aromatic heterocycles. The number of amides is 2. The molecule has 2 amide bonds. The van der Waals surface area contributed by atoms with Crippen LogP contribution in [0.3, 0.4) is 0 Å². The number of hydrogen-bond acceptors (Lipinski definition) is 3. The Bertz CT molecular complexity index is 320. The quantitative estimate of drug-likeness (QED) is 0.561. The van der Waals surface area contributed by atoms with Crippen LogP contribution in [-0.4, -0.2) is 42.7 Å². The third-order valence-electron chi connectivity index (χ3n) is 1.46. The normalized spacial score (nSPS) is 11.8. The van der Waals surface area contributed by atoms with Crippen molar-refractivity contribution >= 4 is 19.8 Å². The van der Waals surface area contributed by atoms with Crippen LogP contribution in [0, 0.1) is 0 Å². The Kier molecular flexibility index (Phi) is 4.86. The van der Waals surface area contributed by atoms with Crippen LogP contribution < -0.4 is 0 Å². The first-order valence-corrected chi connectivity index (χ1v) is 4.81. The van der Waals surface area contributed by atoms with Gasteiger partial charge in [-0.1, -0.05) is 6.08 Å². The van der Waals surface area contributed by atoms with Crippen LogP contribution in [0.5, 0.6) is 0 Å². The van der Waals surface area contributed by atoms with Crippen molar-refractivity contribution < 1.29 is 23.1 Å². The standard InChI is InChI=1S/C10H14BF2NO3/c1-5-6-14(7(15)10(11,12)13)8(16)17-9(2,3)4/h5H,1,6H2,2-4H3. The van der Waals surface area contributed by atoms with Gasteiger partial charge in [-0.3, -0.25) is 4.79 Å². The highest BCUT2D eigenvalue weighted by molar-refractivity contribution is 6.27. The van der Waals surface area contributed by atoms with Crippen LogP contribution in [-0.2, 0) is 9.53 Å². The first-order chi connectivity index (χ1) is 7.49. The van der Waals surface area contributed by atoms with E-state index < -0.39 is 30.0 Å². The van der Waals surface area contributed by atoms with Gasteiger partial charge < -0.3 is 4.74 Å². The molecule has 0 spiro atoms. The van der Waals surface area contributed by atoms with Crippen molar-refractivity contribution in [2.45, 2.75) is 32.2 Å². The van der Waals surface area contributed by atoms with Crippen molar-refractivity contribution in [3.63, 3.8) is 0 Å². The van der Waals surface area contributed by atoms with Gasteiger partial charge in [0, 0.05) is 0 Å². The van der Waals surface area contributed by atoms with E-state index in [1.165, 1.54) is 0 Å². The molecule has 0 aromatic carbocycles. The predicted molar refractivity (Wildman–Crippen MR) is 58.8 cm³/mol. The van der Waals surface area contributed by atoms with Gasteiger partial charge in [0.05, 0.1) is 6.54 Å². The zero-order valence-electron chi connectivity index (χ0n) is 10.00. The van der Waals surface area contributed by atoms with Gasteiger partial charge in [-0.15, -0.1) is 6.58 Å². The highest BCUT2D eigenvalue weighted by atomic mass is 19.3. The van der Waals surface area contributed by atoms with Crippen LogP contribution in [0.2, 0.25) is 0 Å². The van der Waals surface area contributed by atoms with Crippen molar-refractivity contribution in [3.8, 4) is 0 Å². The Balaban J connectivity index is 4.93. The second-order valence-electron chi connectivity index (χ2n) is 4.31. The van der Waals surface area contributed by atoms with Gasteiger partial charge in [0.25, 0.3) is 11.7 Å². The summed E-state index contributed by atoms with van der Waals surface area (Å²) in [5.74, 6) is -5.95. The topological polar surface area (TPSA) is 46.6 Å². The van der Waals surface area contributed by atoms with Gasteiger partial charge >= 0.3 is 6.09 Å². The minimum Gasteiger partial charge on any atom is -0.443 e. The molecule has 94 valence electrons. The fourth-order valence-electron chi connectivity index (χ4n) is 0.866. The number of halogens is 2. The second-order valence-corrected chi connectivity index (χ2v) is 4.31. The fourth-order valence-corrected chi connectivity index (χ4v) is 0.866. The molecule has 0 aliphatic rings. The molecular weight excluding hydrogens is 231 g/mol. The molecule has 0 aromatic rings. The maximum atomic E-state index is 12.6. The molecule has 7 heteroatoms. The second kappa shape index (κ2) is 5.29. The molecule has 0 N–H and O–H groups in total. The lowest BCUT2D eigenvalue weighted by Crippen LogP contribution is -2.48. The van der Waals surface area contributed by atoms with Gasteiger partial charge in [-0.05, 0) is 20.8 Å². The summed E-state index contributed by atoms with van der Waals surface area (Å²) >= 11 is 0. The summed E-state index contributed by atoms with van der Waals surface area (Å²) in [7, 11) is 4.35. The Morgan fingerprint density at radius 3 is 2.18 bits per heavy atom. The number of imide groups is 1. The van der Waals surface area contributed by atoms with Crippen LogP contribution in [0.4, 0.5) is 13.6 Å². The van der Waals surface area contributed by atoms with Gasteiger partial charge in [0.15, 0.2) is 7.85 Å². The summed E-state index contributed by atoms with van der Waals surface area (Å²) in [5, 5.41) is 0. The molecule has 0 aliphatic carbocycles. The number of hydrogen-bond donors (Lipinski definition) is 0. The lowest BCUT2D eigenvalue weighted by molar-refractivity contribution is -0.145. The minimum absolute atomic E-state index is 0.207. The zero-order valence-corrected chi connectivity index (χ0v) is 10.00. The molecule has 0 saturated heterocycles. The van der Waals surface area contributed by atoms with E-state index in [0.29, 0.717) is 0 Å². The molecule has 0 atom stereocenters. The van der Waals surface area contributed by atoms with Crippen LogP contribution in [0.15, 0.2) is 12.7 Å². The van der Waals surface area contributed by atoms with E-state index in [9.17, 15) is 18.4 Å². The highest BCUT2D eigenvalue weighted by Crippen LogP contribution is 2.16. The maximum Gasteiger partial charge on any atom is 0.417 e. The molecule has 0 fully saturated rings. The molecule has 0 bridgehead atoms. The number of rotatable bonds is 3. The summed E-state index contributed by atoms with van der Waals surface area (Å²) in [5.41, 5.74) is -0.902. The summed E-state index contributed by atoms with van der Waals surface area (Å²) in [6, 6.07) is 0. The number of alkyl halides is 2. The molecule has 17 heavy (non-hydrogen) atoms. The van der Waals surface area contributed by atoms with Gasteiger partial charge in [0.2, 0.25) is 0 Å². The van der Waals surface area contributed by atoms with E-state index >= 15 is 0 Å². The van der Waals surface area contributed by atoms with Gasteiger partial charge in [-0.2, -0.15) is 0 Å². The molecule has 4 nitrogen and oxygen atoms in total. The monoisotopic (exact) mass is 245 g/mol. The molecule has 2 radical (unpaired) electrons. The van der Waals surface area contributed by atoms with Crippen molar-refractivity contribution in [1.82, 2.24) is 4.90 Å². The first kappa shape index (κ1) is 15.6. The Labute approximate surface area is 100 Å². The van der Waals surface area contributed by atoms with E-state index in [1.54, 1.807) is 20.8 Å². The summed E-state index contributed by atoms with van der Waals surface area (Å²) < 4.78 is 30.1. The largest absolute Gasteiger partial charge is 0.443 e. The number of nitrogens with zero attached hydrogens (tertiary/aromatic N) is 1. The molecule has 0 heterocycles. The predicted octanol–water partition coefficient (Wildman–Crippen LogP) is 1.70. The Hall–Kier alpha value is -1.40. The average molecular weight is 245 g/mol. The van der Waals surface area contributed by atoms with Gasteiger partial charge in [-0.25, -0.2) is 18.5 Å². The molecular formula is C10H14BF2NO3. The molecule has 0 unspecified atom stereocenters. The van der Waals surface area contributed by atoms with E-state index in [1.807, 2.05) is 0 Å². The third-order valence-corrected chi connectivity index (χ3v) is 1.46. The number of ether oxygens (including phenoxy) is 1. The van der Waals surface area contributed by atoms with Crippen LogP contribution >= 0.6 is 0 Å². The zero-order chi connectivity index (χ0) is 13.9. The smallest absolute Gasteiger partial charge is 0.417 e. The fraction of sp³-hybridized carbons (Fsp3) is 0.600. The van der Waals surface area contributed by atoms with E-state index in [0.717, 1.165) is 6.08 Å². The minimum atomic E-state index is -4.13. The van der Waals surface area contributed by atoms with Crippen molar-refractivity contribution in [2.24, 2.45) is 0 Å². The van der Waals surface area contributed by atoms with E-state index in [2.05, 4.69) is 14.4 Å². The van der Waals surface area contributed by atoms with Gasteiger partial charge in [0.1, 0.15) is 5.60 Å². The Morgan fingerprint density at radius 2 is 1.88 bits per heavy atom. The lowest BCUT2D eigenvalue weighted by atomic mass is 9.97. The number of carbonyl (C=O) groups is 2. The first-order valence-electron chi connectivity index (χ1n) is 4.81. The lowest BCUT2D eigenvalue weighted by Gasteiger charge is -2.27. The number of carbonyl (C=O) groups excluding carboxylic acids is 2. The van der Waals surface area contributed by atoms with E-state index in [-0.39, 0.29) is 4.90 Å². The Morgan fingerprint density at radius 1 is 1.41 bits per heavy atom. The van der Waals surface area contributed by atoms with E-state index in [4.69, 9.17) is 4.74 Å². The van der Waals surface area contributed by atoms with Crippen LogP contribution in [0.1, 0.15) is 20.8 Å². The van der Waals surface area contributed by atoms with Crippen molar-refractivity contribution in [3.05, 3.63) is 12.7 Å². The highest BCUT2D eigenvalue weighted by Gasteiger charge is 2.39. The summed E-state index contributed by atoms with van der Waals surface area (Å²) in [4.78, 5) is 22.9. The molecule has 0 saturated carbocycles. The summed E-state index contributed by atoms with van der Waals surface area (Å²) in [6.45, 7) is 7.49. The average Bonchev–Trinajstić information content (AvgIpc) is 2.08. The van der Waals surface area contributed by atoms with Crippen LogP contribution in [0.25, 0.3) is 0 Å². The third kappa shape index (κ3) is 5.47. The van der Waals surface area contributed by atoms with Crippen molar-refractivity contribution in [2.75, 3.05) is 6.54 Å². The van der Waals surface area contributed by atoms with Crippen molar-refractivity contribution in [1.29, 1.82) is 0 Å². The molecule has 0 rings (SSSR count). The maximum absolute atomic E-state index is 12.6. The summed E-state index contributed by atoms with van der Waals surface area (Å²) in [6.07, 6.45) is -0.0689.